The van der Waals surface area contributed by atoms with Crippen molar-refractivity contribution in [2.45, 2.75) is 5.14 Å². The molecule has 1 nitrogen and oxygen atoms in total. The summed E-state index contributed by atoms with van der Waals surface area (Å²) >= 11 is 1.00. The van der Waals surface area contributed by atoms with E-state index in [-0.39, 0.29) is 63.2 Å². The van der Waals surface area contributed by atoms with Crippen molar-refractivity contribution in [3.63, 3.8) is 0 Å². The van der Waals surface area contributed by atoms with E-state index in [0.717, 1.165) is 10.6 Å². The first-order valence-electron chi connectivity index (χ1n) is 14.6. The molecule has 0 fully saturated rings. The molecule has 6 rings (SSSR count). The fraction of sp³-hybridized carbons (Fsp3) is 0.0270. The van der Waals surface area contributed by atoms with Gasteiger partial charge in [0.25, 0.3) is 0 Å². The van der Waals surface area contributed by atoms with Crippen LogP contribution >= 0.6 is 17.7 Å². The molecule has 224 valence electrons. The molecule has 0 radical (unpaired) electrons. The van der Waals surface area contributed by atoms with Gasteiger partial charge in [-0.3, -0.25) is 0 Å². The minimum absolute atomic E-state index is 0.193. The van der Waals surface area contributed by atoms with Crippen LogP contribution in [0.3, 0.4) is 0 Å². The van der Waals surface area contributed by atoms with E-state index in [1.807, 2.05) is 0 Å². The Kier molecular flexibility index (Phi) is 12.7. The van der Waals surface area contributed by atoms with Crippen molar-refractivity contribution in [2.75, 3.05) is 0 Å². The van der Waals surface area contributed by atoms with Crippen LogP contribution in [0.5, 0.6) is 0 Å². The van der Waals surface area contributed by atoms with Crippen molar-refractivity contribution >= 4 is 104 Å². The van der Waals surface area contributed by atoms with Crippen LogP contribution in [0, 0.1) is 0 Å². The van der Waals surface area contributed by atoms with Gasteiger partial charge in [0, 0.05) is 0 Å². The zero-order valence-electron chi connectivity index (χ0n) is 24.4. The molecule has 0 N–H and O–H groups in total. The standard InChI is InChI=1S/C37H31OP3Se4/c38-41(31-19-7-1-8-20-31,32-21-9-2-10-22-32)37(39(42-33-23-11-3-12-24-33)43-34-25-13-4-14-26-34)40(44-35-27-15-5-16-28-35)45-36-29-17-6-18-30-36/h1-30,37H/p+2. The van der Waals surface area contributed by atoms with Gasteiger partial charge < -0.3 is 0 Å². The zero-order valence-corrected chi connectivity index (χ0v) is 34.1. The van der Waals surface area contributed by atoms with Crippen LogP contribution in [0.1, 0.15) is 0 Å². The quantitative estimate of drug-likeness (QED) is 0.111. The SMILES string of the molecule is O=P(c1ccccc1)(c1ccccc1)C([PH+]([Se]c1ccccc1)[Se]c1ccccc1)[PH+]([Se]c1ccccc1)[Se]c1ccccc1. The van der Waals surface area contributed by atoms with Gasteiger partial charge in [-0.2, -0.15) is 0 Å². The maximum absolute atomic E-state index is 16.7. The molecular weight excluding hydrogens is 869 g/mol. The average molecular weight is 902 g/mol. The molecule has 0 unspecified atom stereocenters. The molecule has 0 saturated carbocycles. The van der Waals surface area contributed by atoms with Crippen molar-refractivity contribution < 1.29 is 4.57 Å². The first-order chi connectivity index (χ1) is 22.2. The molecule has 0 aliphatic rings. The number of hydrogen-bond acceptors (Lipinski definition) is 1. The van der Waals surface area contributed by atoms with Crippen LogP contribution in [0.2, 0.25) is 0 Å². The molecule has 0 atom stereocenters. The molecule has 45 heavy (non-hydrogen) atoms. The molecule has 0 amide bonds. The van der Waals surface area contributed by atoms with Gasteiger partial charge in [-0.1, -0.05) is 0 Å². The van der Waals surface area contributed by atoms with Crippen molar-refractivity contribution in [3.8, 4) is 0 Å². The summed E-state index contributed by atoms with van der Waals surface area (Å²) in [7, 11) is -3.04. The van der Waals surface area contributed by atoms with Crippen LogP contribution in [0.25, 0.3) is 0 Å². The van der Waals surface area contributed by atoms with E-state index in [0.29, 0.717) is 0 Å². The third-order valence-electron chi connectivity index (χ3n) is 6.94. The molecule has 0 aliphatic heterocycles. The van der Waals surface area contributed by atoms with E-state index < -0.39 is 17.7 Å². The monoisotopic (exact) mass is 906 g/mol. The molecule has 0 spiro atoms. The van der Waals surface area contributed by atoms with Gasteiger partial charge in [0.05, 0.1) is 0 Å². The average Bonchev–Trinajstić information content (AvgIpc) is 3.11. The van der Waals surface area contributed by atoms with Gasteiger partial charge in [-0.15, -0.1) is 0 Å². The number of hydrogen-bond donors (Lipinski definition) is 0. The first-order valence-corrected chi connectivity index (χ1v) is 32.8. The van der Waals surface area contributed by atoms with Gasteiger partial charge >= 0.3 is 296 Å². The van der Waals surface area contributed by atoms with Crippen LogP contribution in [0.15, 0.2) is 182 Å². The molecule has 0 aliphatic carbocycles. The molecule has 0 bridgehead atoms. The fourth-order valence-corrected chi connectivity index (χ4v) is 83.8. The van der Waals surface area contributed by atoms with E-state index in [9.17, 15) is 0 Å². The Balaban J connectivity index is 1.59. The predicted molar refractivity (Wildman–Crippen MR) is 207 cm³/mol. The van der Waals surface area contributed by atoms with Gasteiger partial charge in [-0.05, 0) is 0 Å². The van der Waals surface area contributed by atoms with Crippen LogP contribution in [-0.2, 0) is 4.57 Å². The summed E-state index contributed by atoms with van der Waals surface area (Å²) in [6.07, 6.45) is 0. The van der Waals surface area contributed by atoms with E-state index >= 15 is 4.57 Å². The maximum atomic E-state index is 16.7. The summed E-state index contributed by atoms with van der Waals surface area (Å²) in [6, 6.07) is 65.6. The van der Waals surface area contributed by atoms with Crippen molar-refractivity contribution in [3.05, 3.63) is 182 Å². The Labute approximate surface area is 293 Å². The normalized spacial score (nSPS) is 11.7. The second-order valence-electron chi connectivity index (χ2n) is 10.0. The molecule has 8 heteroatoms. The Hall–Kier alpha value is -1.51. The van der Waals surface area contributed by atoms with Gasteiger partial charge in [0.2, 0.25) is 0 Å². The Morgan fingerprint density at radius 1 is 0.356 bits per heavy atom. The molecule has 6 aromatic carbocycles. The van der Waals surface area contributed by atoms with E-state index in [4.69, 9.17) is 0 Å². The minimum atomic E-state index is -3.04. The molecular formula is C37H33OP3Se4+2. The summed E-state index contributed by atoms with van der Waals surface area (Å²) in [4.78, 5) is 0. The predicted octanol–water partition coefficient (Wildman–Crippen LogP) is 5.49. The molecule has 0 aromatic heterocycles. The Bertz CT molecular complexity index is 1570. The first kappa shape index (κ1) is 33.4. The number of rotatable bonds is 13. The third kappa shape index (κ3) is 8.90. The van der Waals surface area contributed by atoms with Crippen LogP contribution in [0.4, 0.5) is 0 Å². The van der Waals surface area contributed by atoms with Crippen molar-refractivity contribution in [1.82, 2.24) is 0 Å². The van der Waals surface area contributed by atoms with Gasteiger partial charge in [0.15, 0.2) is 0 Å². The molecule has 0 saturated heterocycles. The van der Waals surface area contributed by atoms with Crippen LogP contribution in [-0.4, -0.2) is 63.2 Å². The summed E-state index contributed by atoms with van der Waals surface area (Å²) < 4.78 is 22.4. The van der Waals surface area contributed by atoms with E-state index in [1.54, 1.807) is 0 Å². The van der Waals surface area contributed by atoms with Crippen LogP contribution < -0.4 is 28.5 Å². The van der Waals surface area contributed by atoms with E-state index in [2.05, 4.69) is 182 Å². The van der Waals surface area contributed by atoms with Crippen molar-refractivity contribution in [2.24, 2.45) is 0 Å². The molecule has 6 aromatic rings. The fourth-order valence-electron chi connectivity index (χ4n) is 4.82. The van der Waals surface area contributed by atoms with E-state index in [1.165, 1.54) is 17.8 Å². The second kappa shape index (κ2) is 17.1. The second-order valence-corrected chi connectivity index (χ2v) is 45.7. The Morgan fingerprint density at radius 2 is 0.578 bits per heavy atom. The summed E-state index contributed by atoms with van der Waals surface area (Å²) in [5.74, 6) is 0. The summed E-state index contributed by atoms with van der Waals surface area (Å²) in [5.41, 5.74) is 0. The molecule has 0 heterocycles. The summed E-state index contributed by atoms with van der Waals surface area (Å²) in [5, 5.41) is -0.0131. The van der Waals surface area contributed by atoms with Gasteiger partial charge in [-0.25, -0.2) is 0 Å². The number of benzene rings is 6. The van der Waals surface area contributed by atoms with Gasteiger partial charge in [0.1, 0.15) is 0 Å². The third-order valence-corrected chi connectivity index (χ3v) is 58.3. The summed E-state index contributed by atoms with van der Waals surface area (Å²) in [6.45, 7) is 0. The Morgan fingerprint density at radius 3 is 0.822 bits per heavy atom. The zero-order chi connectivity index (χ0) is 30.7. The topological polar surface area (TPSA) is 17.1 Å². The van der Waals surface area contributed by atoms with Crippen molar-refractivity contribution in [1.29, 1.82) is 0 Å².